The van der Waals surface area contributed by atoms with Gasteiger partial charge in [0, 0.05) is 29.7 Å². The van der Waals surface area contributed by atoms with Crippen molar-refractivity contribution in [2.75, 3.05) is 31.5 Å². The van der Waals surface area contributed by atoms with Crippen molar-refractivity contribution >= 4 is 43.4 Å². The van der Waals surface area contributed by atoms with Crippen LogP contribution in [-0.4, -0.2) is 50.6 Å². The molecule has 8 nitrogen and oxygen atoms in total. The molecular formula is C36H40N4O4S. The molecule has 3 N–H and O–H groups in total. The van der Waals surface area contributed by atoms with Crippen LogP contribution in [0.15, 0.2) is 91.0 Å². The average molecular weight is 625 g/mol. The molecule has 1 fully saturated rings. The Hall–Kier alpha value is -4.18. The number of likely N-dealkylation sites (tertiary alicyclic amines) is 1. The number of hydrogen-bond donors (Lipinski definition) is 2. The van der Waals surface area contributed by atoms with Crippen molar-refractivity contribution in [1.82, 2.24) is 9.47 Å². The maximum absolute atomic E-state index is 13.6. The Labute approximate surface area is 264 Å². The summed E-state index contributed by atoms with van der Waals surface area (Å²) in [5.74, 6) is -0.0176. The van der Waals surface area contributed by atoms with Gasteiger partial charge in [-0.3, -0.25) is 4.72 Å². The second-order valence-electron chi connectivity index (χ2n) is 12.1. The number of hydrogen-bond acceptors (Lipinski definition) is 6. The van der Waals surface area contributed by atoms with Gasteiger partial charge in [-0.25, -0.2) is 13.2 Å². The molecule has 1 aromatic heterocycles. The van der Waals surface area contributed by atoms with Crippen molar-refractivity contribution in [1.29, 1.82) is 0 Å². The molecule has 0 bridgehead atoms. The van der Waals surface area contributed by atoms with Crippen LogP contribution < -0.4 is 10.5 Å². The van der Waals surface area contributed by atoms with Gasteiger partial charge >= 0.3 is 5.97 Å². The zero-order chi connectivity index (χ0) is 31.6. The fourth-order valence-electron chi connectivity index (χ4n) is 6.17. The lowest BCUT2D eigenvalue weighted by atomic mass is 9.98. The molecule has 0 amide bonds. The first kappa shape index (κ1) is 30.8. The van der Waals surface area contributed by atoms with Gasteiger partial charge in [0.25, 0.3) is 0 Å². The van der Waals surface area contributed by atoms with E-state index in [2.05, 4.69) is 16.7 Å². The number of aromatic nitrogens is 1. The van der Waals surface area contributed by atoms with E-state index in [9.17, 15) is 13.2 Å². The lowest BCUT2D eigenvalue weighted by molar-refractivity contribution is 0.0373. The Balaban J connectivity index is 1.36. The van der Waals surface area contributed by atoms with Gasteiger partial charge in [0.1, 0.15) is 10.9 Å². The zero-order valence-corrected chi connectivity index (χ0v) is 26.6. The van der Waals surface area contributed by atoms with E-state index in [1.807, 2.05) is 95.6 Å². The highest BCUT2D eigenvalue weighted by molar-refractivity contribution is 7.92. The van der Waals surface area contributed by atoms with Gasteiger partial charge in [-0.05, 0) is 97.5 Å². The van der Waals surface area contributed by atoms with E-state index in [1.54, 1.807) is 6.92 Å². The maximum atomic E-state index is 13.6. The van der Waals surface area contributed by atoms with Gasteiger partial charge in [0.15, 0.2) is 0 Å². The molecule has 9 heteroatoms. The van der Waals surface area contributed by atoms with Crippen LogP contribution in [0.4, 0.5) is 5.69 Å². The molecule has 45 heavy (non-hydrogen) atoms. The highest BCUT2D eigenvalue weighted by Crippen LogP contribution is 2.31. The third-order valence-corrected chi connectivity index (χ3v) is 10.7. The first-order valence-corrected chi connectivity index (χ1v) is 17.0. The van der Waals surface area contributed by atoms with E-state index in [-0.39, 0.29) is 5.97 Å². The number of nitrogens with zero attached hydrogens (tertiary/aromatic N) is 2. The number of carbonyl (C=O) groups is 1. The Morgan fingerprint density at radius 1 is 0.956 bits per heavy atom. The summed E-state index contributed by atoms with van der Waals surface area (Å²) in [7, 11) is -1.63. The van der Waals surface area contributed by atoms with Gasteiger partial charge in [0.2, 0.25) is 10.0 Å². The van der Waals surface area contributed by atoms with Crippen LogP contribution >= 0.6 is 0 Å². The first-order valence-electron chi connectivity index (χ1n) is 15.5. The number of nitrogens with one attached hydrogen (secondary N) is 1. The van der Waals surface area contributed by atoms with Gasteiger partial charge in [-0.2, -0.15) is 0 Å². The van der Waals surface area contributed by atoms with Crippen molar-refractivity contribution in [3.8, 4) is 0 Å². The minimum atomic E-state index is -3.75. The second kappa shape index (κ2) is 13.0. The smallest absolute Gasteiger partial charge is 0.355 e. The zero-order valence-electron chi connectivity index (χ0n) is 25.8. The fraction of sp³-hybridized carbons (Fsp3) is 0.306. The third kappa shape index (κ3) is 6.76. The molecule has 1 aliphatic rings. The highest BCUT2D eigenvalue weighted by Gasteiger charge is 2.25. The molecule has 1 saturated heterocycles. The lowest BCUT2D eigenvalue weighted by Gasteiger charge is -2.28. The minimum Gasteiger partial charge on any atom is -0.461 e. The maximum Gasteiger partial charge on any atom is 0.355 e. The quantitative estimate of drug-likeness (QED) is 0.177. The summed E-state index contributed by atoms with van der Waals surface area (Å²) in [6.45, 7) is 4.78. The monoisotopic (exact) mass is 624 g/mol. The molecule has 0 radical (unpaired) electrons. The number of anilines is 1. The van der Waals surface area contributed by atoms with Crippen LogP contribution in [0.5, 0.6) is 0 Å². The van der Waals surface area contributed by atoms with E-state index < -0.39 is 15.3 Å². The predicted molar refractivity (Wildman–Crippen MR) is 181 cm³/mol. The van der Waals surface area contributed by atoms with Crippen molar-refractivity contribution in [3.05, 3.63) is 113 Å². The number of nitrogens with two attached hydrogens (primary N) is 1. The molecule has 0 aliphatic carbocycles. The third-order valence-electron chi connectivity index (χ3n) is 8.97. The number of piperidine rings is 1. The summed E-state index contributed by atoms with van der Waals surface area (Å²) < 4.78 is 37.7. The largest absolute Gasteiger partial charge is 0.461 e. The van der Waals surface area contributed by atoms with E-state index >= 15 is 0 Å². The van der Waals surface area contributed by atoms with Crippen molar-refractivity contribution < 1.29 is 17.9 Å². The SMILES string of the molecule is CC(c1ccccc1)S(=O)(=O)Nc1cc(Cn2c(C(=O)OCC3CCN(C)CC3)cc3ccc(CN)cc32)c2ccccc2c1. The Morgan fingerprint density at radius 2 is 1.69 bits per heavy atom. The second-order valence-corrected chi connectivity index (χ2v) is 14.1. The summed E-state index contributed by atoms with van der Waals surface area (Å²) in [6, 6.07) is 28.6. The normalized spacial score (nSPS) is 15.4. The minimum absolute atomic E-state index is 0.334. The predicted octanol–water partition coefficient (Wildman–Crippen LogP) is 6.30. The standard InChI is InChI=1S/C36H40N4O4S/c1-25(28-8-4-3-5-9-28)45(42,43)38-32-19-29-10-6-7-11-33(29)31(20-32)23-40-34-18-27(22-37)12-13-30(34)21-35(40)36(41)44-24-26-14-16-39(2)17-15-26/h3-13,18-21,25-26,38H,14-17,22-24,37H2,1-2H3. The van der Waals surface area contributed by atoms with E-state index in [4.69, 9.17) is 10.5 Å². The number of sulfonamides is 1. The highest BCUT2D eigenvalue weighted by atomic mass is 32.2. The van der Waals surface area contributed by atoms with Gasteiger partial charge in [-0.15, -0.1) is 0 Å². The Bertz CT molecular complexity index is 1930. The molecule has 6 rings (SSSR count). The van der Waals surface area contributed by atoms with E-state index in [0.717, 1.165) is 58.7 Å². The van der Waals surface area contributed by atoms with Gasteiger partial charge in [-0.1, -0.05) is 66.7 Å². The number of esters is 1. The Morgan fingerprint density at radius 3 is 2.44 bits per heavy atom. The summed E-state index contributed by atoms with van der Waals surface area (Å²) in [5, 5.41) is 2.03. The van der Waals surface area contributed by atoms with Crippen LogP contribution in [-0.2, 0) is 27.8 Å². The molecule has 234 valence electrons. The van der Waals surface area contributed by atoms with Crippen LogP contribution in [0.25, 0.3) is 21.7 Å². The molecule has 5 aromatic rings. The molecule has 2 heterocycles. The lowest BCUT2D eigenvalue weighted by Crippen LogP contribution is -2.32. The van der Waals surface area contributed by atoms with E-state index in [0.29, 0.717) is 42.6 Å². The average Bonchev–Trinajstić information content (AvgIpc) is 3.41. The summed E-state index contributed by atoms with van der Waals surface area (Å²) >= 11 is 0. The number of fused-ring (bicyclic) bond motifs is 2. The number of rotatable bonds is 10. The molecule has 0 spiro atoms. The molecule has 4 aromatic carbocycles. The van der Waals surface area contributed by atoms with Gasteiger partial charge in [0.05, 0.1) is 6.61 Å². The molecule has 1 aliphatic heterocycles. The summed E-state index contributed by atoms with van der Waals surface area (Å²) in [6.07, 6.45) is 2.01. The molecular weight excluding hydrogens is 584 g/mol. The van der Waals surface area contributed by atoms with Crippen molar-refractivity contribution in [3.63, 3.8) is 0 Å². The number of carbonyl (C=O) groups excluding carboxylic acids is 1. The van der Waals surface area contributed by atoms with Crippen LogP contribution in [0.2, 0.25) is 0 Å². The van der Waals surface area contributed by atoms with Crippen molar-refractivity contribution in [2.24, 2.45) is 11.7 Å². The molecule has 1 atom stereocenters. The molecule has 0 saturated carbocycles. The van der Waals surface area contributed by atoms with Crippen molar-refractivity contribution in [2.45, 2.75) is 38.1 Å². The van der Waals surface area contributed by atoms with E-state index in [1.165, 1.54) is 0 Å². The van der Waals surface area contributed by atoms with Crippen LogP contribution in [0.1, 0.15) is 52.2 Å². The topological polar surface area (TPSA) is 107 Å². The number of ether oxygens (including phenoxy) is 1. The summed E-state index contributed by atoms with van der Waals surface area (Å²) in [5.41, 5.74) is 10.3. The Kier molecular flexibility index (Phi) is 8.94. The first-order chi connectivity index (χ1) is 21.7. The summed E-state index contributed by atoms with van der Waals surface area (Å²) in [4.78, 5) is 15.9. The van der Waals surface area contributed by atoms with Gasteiger partial charge < -0.3 is 19.9 Å². The fourth-order valence-corrected chi connectivity index (χ4v) is 7.31. The number of benzene rings is 4. The van der Waals surface area contributed by atoms with Crippen LogP contribution in [0, 0.1) is 5.92 Å². The van der Waals surface area contributed by atoms with Crippen LogP contribution in [0.3, 0.4) is 0 Å². The molecule has 1 unspecified atom stereocenters.